The highest BCUT2D eigenvalue weighted by Gasteiger charge is 2.22. The van der Waals surface area contributed by atoms with Crippen LogP contribution in [0.3, 0.4) is 0 Å². The van der Waals surface area contributed by atoms with Gasteiger partial charge in [0.1, 0.15) is 0 Å². The number of nitro groups is 1. The van der Waals surface area contributed by atoms with E-state index in [0.29, 0.717) is 12.5 Å². The van der Waals surface area contributed by atoms with Crippen LogP contribution >= 0.6 is 0 Å². The number of nitrogens with zero attached hydrogens (tertiary/aromatic N) is 1. The van der Waals surface area contributed by atoms with E-state index in [9.17, 15) is 18.9 Å². The molecular formula is C14H18F2N2O2. The zero-order chi connectivity index (χ0) is 14.5. The van der Waals surface area contributed by atoms with Gasteiger partial charge in [-0.15, -0.1) is 0 Å². The summed E-state index contributed by atoms with van der Waals surface area (Å²) in [4.78, 5) is 10.2. The van der Waals surface area contributed by atoms with Crippen LogP contribution in [-0.4, -0.2) is 11.5 Å². The molecule has 0 saturated heterocycles. The lowest BCUT2D eigenvalue weighted by Gasteiger charge is -2.16. The standard InChI is InChI=1S/C14H18F2N2O2/c15-11-7-8-12(18(19)20)14(13(11)16)17-9-10-5-3-1-2-4-6-10/h7-8,10,17H,1-6,9H2. The number of nitrogens with one attached hydrogen (secondary N) is 1. The van der Waals surface area contributed by atoms with E-state index < -0.39 is 22.2 Å². The molecule has 0 aliphatic heterocycles. The van der Waals surface area contributed by atoms with E-state index in [1.165, 1.54) is 12.8 Å². The zero-order valence-corrected chi connectivity index (χ0v) is 11.2. The highest BCUT2D eigenvalue weighted by Crippen LogP contribution is 2.30. The van der Waals surface area contributed by atoms with Crippen LogP contribution < -0.4 is 5.32 Å². The third kappa shape index (κ3) is 3.43. The Labute approximate surface area is 116 Å². The first kappa shape index (κ1) is 14.7. The van der Waals surface area contributed by atoms with Gasteiger partial charge in [0.25, 0.3) is 5.69 Å². The van der Waals surface area contributed by atoms with Gasteiger partial charge in [-0.3, -0.25) is 10.1 Å². The van der Waals surface area contributed by atoms with Crippen LogP contribution in [0.1, 0.15) is 38.5 Å². The molecule has 110 valence electrons. The lowest BCUT2D eigenvalue weighted by molar-refractivity contribution is -0.384. The fourth-order valence-electron chi connectivity index (χ4n) is 2.68. The van der Waals surface area contributed by atoms with Gasteiger partial charge in [0, 0.05) is 12.6 Å². The highest BCUT2D eigenvalue weighted by molar-refractivity contribution is 5.62. The van der Waals surface area contributed by atoms with Crippen molar-refractivity contribution in [2.75, 3.05) is 11.9 Å². The maximum atomic E-state index is 13.7. The predicted octanol–water partition coefficient (Wildman–Crippen LogP) is 4.26. The lowest BCUT2D eigenvalue weighted by Crippen LogP contribution is -2.16. The summed E-state index contributed by atoms with van der Waals surface area (Å²) in [5.41, 5.74) is -0.753. The largest absolute Gasteiger partial charge is 0.377 e. The van der Waals surface area contributed by atoms with Crippen LogP contribution in [0.2, 0.25) is 0 Å². The van der Waals surface area contributed by atoms with Crippen molar-refractivity contribution in [1.82, 2.24) is 0 Å². The second-order valence-electron chi connectivity index (χ2n) is 5.25. The molecule has 6 heteroatoms. The highest BCUT2D eigenvalue weighted by atomic mass is 19.2. The van der Waals surface area contributed by atoms with Crippen molar-refractivity contribution in [1.29, 1.82) is 0 Å². The van der Waals surface area contributed by atoms with E-state index in [0.717, 1.165) is 37.8 Å². The SMILES string of the molecule is O=[N+]([O-])c1ccc(F)c(F)c1NCC1CCCCCC1. The first-order valence-corrected chi connectivity index (χ1v) is 6.96. The Morgan fingerprint density at radius 2 is 1.85 bits per heavy atom. The van der Waals surface area contributed by atoms with Gasteiger partial charge in [0.2, 0.25) is 0 Å². The Balaban J connectivity index is 2.11. The Morgan fingerprint density at radius 1 is 1.20 bits per heavy atom. The van der Waals surface area contributed by atoms with Crippen molar-refractivity contribution >= 4 is 11.4 Å². The average molecular weight is 284 g/mol. The van der Waals surface area contributed by atoms with Crippen molar-refractivity contribution < 1.29 is 13.7 Å². The van der Waals surface area contributed by atoms with Gasteiger partial charge in [0.05, 0.1) is 4.92 Å². The van der Waals surface area contributed by atoms with Gasteiger partial charge >= 0.3 is 0 Å². The number of rotatable bonds is 4. The number of halogens is 2. The maximum absolute atomic E-state index is 13.7. The van der Waals surface area contributed by atoms with Crippen LogP contribution in [0.4, 0.5) is 20.2 Å². The van der Waals surface area contributed by atoms with Gasteiger partial charge in [-0.2, -0.15) is 0 Å². The summed E-state index contributed by atoms with van der Waals surface area (Å²) in [6.07, 6.45) is 6.70. The molecule has 0 aromatic heterocycles. The van der Waals surface area contributed by atoms with E-state index in [4.69, 9.17) is 0 Å². The fourth-order valence-corrected chi connectivity index (χ4v) is 2.68. The molecule has 0 spiro atoms. The molecule has 0 atom stereocenters. The number of benzene rings is 1. The summed E-state index contributed by atoms with van der Waals surface area (Å²) < 4.78 is 26.9. The molecule has 0 radical (unpaired) electrons. The predicted molar refractivity (Wildman–Crippen MR) is 72.7 cm³/mol. The number of hydrogen-bond acceptors (Lipinski definition) is 3. The van der Waals surface area contributed by atoms with Crippen molar-refractivity contribution in [2.24, 2.45) is 5.92 Å². The molecule has 0 heterocycles. The smallest absolute Gasteiger partial charge is 0.295 e. The Kier molecular flexibility index (Phi) is 4.87. The lowest BCUT2D eigenvalue weighted by atomic mass is 10.0. The quantitative estimate of drug-likeness (QED) is 0.510. The Hall–Kier alpha value is -1.72. The Morgan fingerprint density at radius 3 is 2.45 bits per heavy atom. The van der Waals surface area contributed by atoms with E-state index in [1.54, 1.807) is 0 Å². The normalized spacial score (nSPS) is 16.7. The first-order valence-electron chi connectivity index (χ1n) is 6.96. The summed E-state index contributed by atoms with van der Waals surface area (Å²) in [5.74, 6) is -1.88. The molecule has 4 nitrogen and oxygen atoms in total. The van der Waals surface area contributed by atoms with Crippen LogP contribution in [0.15, 0.2) is 12.1 Å². The zero-order valence-electron chi connectivity index (χ0n) is 11.2. The van der Waals surface area contributed by atoms with Gasteiger partial charge in [-0.1, -0.05) is 25.7 Å². The third-order valence-electron chi connectivity index (χ3n) is 3.81. The summed E-state index contributed by atoms with van der Waals surface area (Å²) >= 11 is 0. The molecule has 0 bridgehead atoms. The van der Waals surface area contributed by atoms with E-state index in [1.807, 2.05) is 0 Å². The molecule has 1 fully saturated rings. The summed E-state index contributed by atoms with van der Waals surface area (Å²) in [7, 11) is 0. The van der Waals surface area contributed by atoms with Crippen LogP contribution in [0, 0.1) is 27.7 Å². The van der Waals surface area contributed by atoms with Crippen molar-refractivity contribution in [3.63, 3.8) is 0 Å². The van der Waals surface area contributed by atoms with Crippen molar-refractivity contribution in [3.8, 4) is 0 Å². The molecular weight excluding hydrogens is 266 g/mol. The third-order valence-corrected chi connectivity index (χ3v) is 3.81. The van der Waals surface area contributed by atoms with Gasteiger partial charge in [-0.25, -0.2) is 8.78 Å². The summed E-state index contributed by atoms with van der Waals surface area (Å²) in [5, 5.41) is 13.6. The summed E-state index contributed by atoms with van der Waals surface area (Å²) in [6.45, 7) is 0.446. The molecule has 0 unspecified atom stereocenters. The molecule has 1 aromatic rings. The number of nitro benzene ring substituents is 1. The van der Waals surface area contributed by atoms with Crippen LogP contribution in [0.25, 0.3) is 0 Å². The minimum absolute atomic E-state index is 0.334. The second-order valence-corrected chi connectivity index (χ2v) is 5.25. The molecule has 1 aliphatic rings. The van der Waals surface area contributed by atoms with E-state index in [2.05, 4.69) is 5.32 Å². The monoisotopic (exact) mass is 284 g/mol. The second kappa shape index (κ2) is 6.63. The maximum Gasteiger partial charge on any atom is 0.295 e. The number of anilines is 1. The minimum atomic E-state index is -1.17. The minimum Gasteiger partial charge on any atom is -0.377 e. The van der Waals surface area contributed by atoms with Gasteiger partial charge in [-0.05, 0) is 24.8 Å². The molecule has 1 aromatic carbocycles. The summed E-state index contributed by atoms with van der Waals surface area (Å²) in [6, 6.07) is 1.78. The topological polar surface area (TPSA) is 55.2 Å². The van der Waals surface area contributed by atoms with Crippen LogP contribution in [-0.2, 0) is 0 Å². The van der Waals surface area contributed by atoms with Crippen molar-refractivity contribution in [2.45, 2.75) is 38.5 Å². The molecule has 2 rings (SSSR count). The Bertz CT molecular complexity index is 486. The average Bonchev–Trinajstić information content (AvgIpc) is 2.68. The molecule has 1 aliphatic carbocycles. The van der Waals surface area contributed by atoms with Crippen LogP contribution in [0.5, 0.6) is 0 Å². The molecule has 20 heavy (non-hydrogen) atoms. The van der Waals surface area contributed by atoms with Crippen molar-refractivity contribution in [3.05, 3.63) is 33.9 Å². The fraction of sp³-hybridized carbons (Fsp3) is 0.571. The number of hydrogen-bond donors (Lipinski definition) is 1. The van der Waals surface area contributed by atoms with E-state index >= 15 is 0 Å². The molecule has 1 N–H and O–H groups in total. The van der Waals surface area contributed by atoms with Gasteiger partial charge < -0.3 is 5.32 Å². The molecule has 0 amide bonds. The molecule has 1 saturated carbocycles. The first-order chi connectivity index (χ1) is 9.59. The van der Waals surface area contributed by atoms with Gasteiger partial charge in [0.15, 0.2) is 17.3 Å². The van der Waals surface area contributed by atoms with E-state index in [-0.39, 0.29) is 5.69 Å².